The van der Waals surface area contributed by atoms with Gasteiger partial charge in [-0.25, -0.2) is 4.98 Å². The number of hydrogen-bond donors (Lipinski definition) is 0. The summed E-state index contributed by atoms with van der Waals surface area (Å²) in [5.41, 5.74) is 3.30. The molecule has 0 aliphatic rings. The lowest BCUT2D eigenvalue weighted by Crippen LogP contribution is -2.00. The summed E-state index contributed by atoms with van der Waals surface area (Å²) < 4.78 is 2.13. The molecule has 2 aromatic heterocycles. The molecule has 0 bridgehead atoms. The Kier molecular flexibility index (Phi) is 4.98. The van der Waals surface area contributed by atoms with Gasteiger partial charge in [-0.2, -0.15) is 0 Å². The first-order chi connectivity index (χ1) is 11.2. The summed E-state index contributed by atoms with van der Waals surface area (Å²) in [6, 6.07) is 12.2. The zero-order valence-electron chi connectivity index (χ0n) is 13.0. The van der Waals surface area contributed by atoms with Crippen LogP contribution >= 0.6 is 23.4 Å². The van der Waals surface area contributed by atoms with Gasteiger partial charge in [-0.15, -0.1) is 10.2 Å². The molecule has 1 aromatic carbocycles. The molecule has 23 heavy (non-hydrogen) atoms. The number of nitrogens with zero attached hydrogens (tertiary/aromatic N) is 4. The first kappa shape index (κ1) is 16.0. The molecule has 0 unspecified atom stereocenters. The molecule has 0 radical (unpaired) electrons. The third-order valence-corrected chi connectivity index (χ3v) is 4.86. The Labute approximate surface area is 144 Å². The summed E-state index contributed by atoms with van der Waals surface area (Å²) in [5.74, 6) is 1.62. The first-order valence-corrected chi connectivity index (χ1v) is 8.78. The second-order valence-corrected chi connectivity index (χ2v) is 6.46. The van der Waals surface area contributed by atoms with Crippen LogP contribution in [0.15, 0.2) is 47.8 Å². The fourth-order valence-electron chi connectivity index (χ4n) is 2.35. The summed E-state index contributed by atoms with van der Waals surface area (Å²) in [6.45, 7) is 5.00. The summed E-state index contributed by atoms with van der Waals surface area (Å²) >= 11 is 7.74. The van der Waals surface area contributed by atoms with Gasteiger partial charge in [-0.05, 0) is 31.5 Å². The number of thioether (sulfide) groups is 1. The van der Waals surface area contributed by atoms with Crippen molar-refractivity contribution in [3.63, 3.8) is 0 Å². The van der Waals surface area contributed by atoms with Gasteiger partial charge in [0.05, 0.1) is 0 Å². The molecular weight excluding hydrogens is 328 g/mol. The van der Waals surface area contributed by atoms with Gasteiger partial charge in [-0.1, -0.05) is 53.2 Å². The van der Waals surface area contributed by atoms with Crippen molar-refractivity contribution in [2.45, 2.75) is 31.3 Å². The second-order valence-electron chi connectivity index (χ2n) is 5.16. The highest BCUT2D eigenvalue weighted by atomic mass is 35.5. The topological polar surface area (TPSA) is 43.6 Å². The molecular formula is C17H17ClN4S. The molecule has 0 aliphatic carbocycles. The highest BCUT2D eigenvalue weighted by Gasteiger charge is 2.14. The smallest absolute Gasteiger partial charge is 0.191 e. The van der Waals surface area contributed by atoms with E-state index in [9.17, 15) is 0 Å². The van der Waals surface area contributed by atoms with Crippen LogP contribution in [0, 0.1) is 6.92 Å². The number of pyridine rings is 1. The predicted molar refractivity (Wildman–Crippen MR) is 94.7 cm³/mol. The summed E-state index contributed by atoms with van der Waals surface area (Å²) in [5, 5.41) is 10.2. The van der Waals surface area contributed by atoms with Crippen LogP contribution in [-0.4, -0.2) is 19.7 Å². The Morgan fingerprint density at radius 2 is 2.04 bits per heavy atom. The maximum absolute atomic E-state index is 6.12. The van der Waals surface area contributed by atoms with E-state index in [-0.39, 0.29) is 0 Å². The first-order valence-electron chi connectivity index (χ1n) is 7.41. The zero-order valence-corrected chi connectivity index (χ0v) is 14.6. The molecule has 6 heteroatoms. The highest BCUT2D eigenvalue weighted by molar-refractivity contribution is 7.98. The van der Waals surface area contributed by atoms with E-state index in [2.05, 4.69) is 51.8 Å². The zero-order chi connectivity index (χ0) is 16.2. The van der Waals surface area contributed by atoms with Gasteiger partial charge in [0.25, 0.3) is 0 Å². The lowest BCUT2D eigenvalue weighted by molar-refractivity contribution is 0.687. The van der Waals surface area contributed by atoms with Crippen LogP contribution in [0.2, 0.25) is 5.15 Å². The van der Waals surface area contributed by atoms with Gasteiger partial charge in [0.2, 0.25) is 0 Å². The molecule has 0 saturated carbocycles. The van der Waals surface area contributed by atoms with Crippen molar-refractivity contribution in [1.82, 2.24) is 19.7 Å². The van der Waals surface area contributed by atoms with Crippen LogP contribution in [0.1, 0.15) is 18.1 Å². The van der Waals surface area contributed by atoms with Crippen LogP contribution in [0.4, 0.5) is 0 Å². The summed E-state index contributed by atoms with van der Waals surface area (Å²) in [7, 11) is 0. The number of halogens is 1. The van der Waals surface area contributed by atoms with E-state index in [1.807, 2.05) is 18.2 Å². The third kappa shape index (κ3) is 3.57. The summed E-state index contributed by atoms with van der Waals surface area (Å²) in [6.07, 6.45) is 1.70. The van der Waals surface area contributed by atoms with E-state index in [4.69, 9.17) is 11.6 Å². The van der Waals surface area contributed by atoms with Crippen molar-refractivity contribution in [2.24, 2.45) is 0 Å². The molecule has 0 aliphatic heterocycles. The number of aromatic nitrogens is 4. The highest BCUT2D eigenvalue weighted by Crippen LogP contribution is 2.28. The predicted octanol–water partition coefficient (Wildman–Crippen LogP) is 4.61. The van der Waals surface area contributed by atoms with E-state index < -0.39 is 0 Å². The molecule has 118 valence electrons. The average Bonchev–Trinajstić information content (AvgIpc) is 2.97. The number of rotatable bonds is 5. The SMILES string of the molecule is CCn1c(SCc2cccnc2Cl)nnc1-c1cccc(C)c1. The summed E-state index contributed by atoms with van der Waals surface area (Å²) in [4.78, 5) is 4.11. The van der Waals surface area contributed by atoms with Gasteiger partial charge in [0, 0.05) is 24.1 Å². The largest absolute Gasteiger partial charge is 0.302 e. The molecule has 3 aromatic rings. The van der Waals surface area contributed by atoms with E-state index >= 15 is 0 Å². The van der Waals surface area contributed by atoms with Crippen molar-refractivity contribution in [2.75, 3.05) is 0 Å². The van der Waals surface area contributed by atoms with Crippen LogP contribution in [0.5, 0.6) is 0 Å². The minimum Gasteiger partial charge on any atom is -0.302 e. The fourth-order valence-corrected chi connectivity index (χ4v) is 3.60. The van der Waals surface area contributed by atoms with E-state index in [1.165, 1.54) is 5.56 Å². The maximum Gasteiger partial charge on any atom is 0.191 e. The standard InChI is InChI=1S/C17H17ClN4S/c1-3-22-16(13-7-4-6-12(2)10-13)20-21-17(22)23-11-14-8-5-9-19-15(14)18/h4-10H,3,11H2,1-2H3. The molecule has 4 nitrogen and oxygen atoms in total. The van der Waals surface area contributed by atoms with Gasteiger partial charge in [0.1, 0.15) is 5.15 Å². The van der Waals surface area contributed by atoms with Crippen LogP contribution < -0.4 is 0 Å². The fraction of sp³-hybridized carbons (Fsp3) is 0.235. The van der Waals surface area contributed by atoms with Crippen molar-refractivity contribution < 1.29 is 0 Å². The van der Waals surface area contributed by atoms with Crippen LogP contribution in [-0.2, 0) is 12.3 Å². The second kappa shape index (κ2) is 7.15. The van der Waals surface area contributed by atoms with E-state index in [0.29, 0.717) is 5.15 Å². The molecule has 0 saturated heterocycles. The van der Waals surface area contributed by atoms with Crippen molar-refractivity contribution in [3.8, 4) is 11.4 Å². The molecule has 0 atom stereocenters. The Morgan fingerprint density at radius 1 is 1.17 bits per heavy atom. The molecule has 0 spiro atoms. The van der Waals surface area contributed by atoms with Crippen molar-refractivity contribution >= 4 is 23.4 Å². The molecule has 0 fully saturated rings. The monoisotopic (exact) mass is 344 g/mol. The van der Waals surface area contributed by atoms with Crippen molar-refractivity contribution in [1.29, 1.82) is 0 Å². The Balaban J connectivity index is 1.85. The lowest BCUT2D eigenvalue weighted by atomic mass is 10.1. The third-order valence-electron chi connectivity index (χ3n) is 3.50. The molecule has 0 N–H and O–H groups in total. The normalized spacial score (nSPS) is 10.9. The Morgan fingerprint density at radius 3 is 2.78 bits per heavy atom. The van der Waals surface area contributed by atoms with Gasteiger partial charge in [-0.3, -0.25) is 0 Å². The minimum absolute atomic E-state index is 0.543. The Hall–Kier alpha value is -1.85. The number of hydrogen-bond acceptors (Lipinski definition) is 4. The quantitative estimate of drug-likeness (QED) is 0.500. The average molecular weight is 345 g/mol. The van der Waals surface area contributed by atoms with Crippen molar-refractivity contribution in [3.05, 3.63) is 58.9 Å². The van der Waals surface area contributed by atoms with Crippen LogP contribution in [0.3, 0.4) is 0 Å². The molecule has 2 heterocycles. The minimum atomic E-state index is 0.543. The van der Waals surface area contributed by atoms with Gasteiger partial charge in [0.15, 0.2) is 11.0 Å². The molecule has 3 rings (SSSR count). The number of aryl methyl sites for hydroxylation is 1. The van der Waals surface area contributed by atoms with Gasteiger partial charge >= 0.3 is 0 Å². The molecule has 0 amide bonds. The Bertz CT molecular complexity index is 816. The maximum atomic E-state index is 6.12. The van der Waals surface area contributed by atoms with E-state index in [0.717, 1.165) is 34.4 Å². The van der Waals surface area contributed by atoms with E-state index in [1.54, 1.807) is 18.0 Å². The lowest BCUT2D eigenvalue weighted by Gasteiger charge is -2.08. The van der Waals surface area contributed by atoms with Crippen LogP contribution in [0.25, 0.3) is 11.4 Å². The van der Waals surface area contributed by atoms with Gasteiger partial charge < -0.3 is 4.57 Å². The number of benzene rings is 1.